The van der Waals surface area contributed by atoms with Gasteiger partial charge in [-0.3, -0.25) is 4.79 Å². The van der Waals surface area contributed by atoms with E-state index < -0.39 is 10.0 Å². The van der Waals surface area contributed by atoms with E-state index in [-0.39, 0.29) is 46.2 Å². The van der Waals surface area contributed by atoms with E-state index >= 15 is 0 Å². The molecular formula is C19H27ClN2O5S. The first kappa shape index (κ1) is 21.5. The minimum Gasteiger partial charge on any atom is -0.377 e. The molecule has 9 heteroatoms. The van der Waals surface area contributed by atoms with Crippen LogP contribution in [0, 0.1) is 0 Å². The highest BCUT2D eigenvalue weighted by Gasteiger charge is 2.27. The number of carbonyl (C=O) groups is 1. The number of sulfonamides is 1. The Morgan fingerprint density at radius 2 is 2.00 bits per heavy atom. The maximum atomic E-state index is 12.7. The van der Waals surface area contributed by atoms with Gasteiger partial charge in [-0.05, 0) is 50.3 Å². The van der Waals surface area contributed by atoms with Crippen molar-refractivity contribution in [3.63, 3.8) is 0 Å². The predicted octanol–water partition coefficient (Wildman–Crippen LogP) is 2.48. The summed E-state index contributed by atoms with van der Waals surface area (Å²) in [6.45, 7) is 3.52. The average molecular weight is 431 g/mol. The lowest BCUT2D eigenvalue weighted by Gasteiger charge is -2.23. The summed E-state index contributed by atoms with van der Waals surface area (Å²) in [6, 6.07) is 4.17. The quantitative estimate of drug-likeness (QED) is 0.660. The molecule has 0 unspecified atom stereocenters. The van der Waals surface area contributed by atoms with Gasteiger partial charge in [-0.25, -0.2) is 13.1 Å². The number of nitrogens with one attached hydrogen (secondary N) is 2. The van der Waals surface area contributed by atoms with Crippen LogP contribution in [-0.4, -0.2) is 52.3 Å². The summed E-state index contributed by atoms with van der Waals surface area (Å²) in [5.41, 5.74) is 0.248. The summed E-state index contributed by atoms with van der Waals surface area (Å²) >= 11 is 6.12. The van der Waals surface area contributed by atoms with Gasteiger partial charge in [-0.15, -0.1) is 0 Å². The Morgan fingerprint density at radius 1 is 1.25 bits per heavy atom. The van der Waals surface area contributed by atoms with E-state index in [0.29, 0.717) is 13.2 Å². The third-order valence-corrected chi connectivity index (χ3v) is 7.08. The van der Waals surface area contributed by atoms with Crippen LogP contribution in [0.4, 0.5) is 0 Å². The molecule has 1 aromatic rings. The first-order chi connectivity index (χ1) is 13.4. The van der Waals surface area contributed by atoms with Gasteiger partial charge in [0.2, 0.25) is 10.0 Å². The van der Waals surface area contributed by atoms with Crippen molar-refractivity contribution in [1.82, 2.24) is 10.0 Å². The number of benzene rings is 1. The molecule has 0 saturated carbocycles. The van der Waals surface area contributed by atoms with Crippen molar-refractivity contribution < 1.29 is 22.7 Å². The van der Waals surface area contributed by atoms with E-state index in [4.69, 9.17) is 21.1 Å². The fraction of sp³-hybridized carbons (Fsp3) is 0.632. The average Bonchev–Trinajstić information content (AvgIpc) is 3.38. The first-order valence-corrected chi connectivity index (χ1v) is 11.6. The van der Waals surface area contributed by atoms with Crippen LogP contribution in [0.3, 0.4) is 0 Å². The van der Waals surface area contributed by atoms with E-state index in [9.17, 15) is 13.2 Å². The van der Waals surface area contributed by atoms with Crippen LogP contribution in [0.2, 0.25) is 5.02 Å². The maximum absolute atomic E-state index is 12.7. The fourth-order valence-electron chi connectivity index (χ4n) is 3.57. The second-order valence-corrected chi connectivity index (χ2v) is 9.31. The number of hydrogen-bond acceptors (Lipinski definition) is 5. The van der Waals surface area contributed by atoms with E-state index in [1.807, 2.05) is 6.92 Å². The lowest BCUT2D eigenvalue weighted by atomic mass is 10.0. The molecule has 2 saturated heterocycles. The molecule has 2 aliphatic heterocycles. The number of carbonyl (C=O) groups excluding carboxylic acids is 1. The van der Waals surface area contributed by atoms with Gasteiger partial charge in [0.25, 0.3) is 5.91 Å². The molecule has 28 heavy (non-hydrogen) atoms. The molecule has 1 amide bonds. The highest BCUT2D eigenvalue weighted by molar-refractivity contribution is 7.89. The second kappa shape index (κ2) is 9.54. The zero-order valence-corrected chi connectivity index (χ0v) is 17.5. The van der Waals surface area contributed by atoms with E-state index in [0.717, 1.165) is 32.1 Å². The van der Waals surface area contributed by atoms with E-state index in [2.05, 4.69) is 10.0 Å². The summed E-state index contributed by atoms with van der Waals surface area (Å²) < 4.78 is 39.0. The first-order valence-electron chi connectivity index (χ1n) is 9.74. The van der Waals surface area contributed by atoms with Gasteiger partial charge in [0.15, 0.2) is 0 Å². The topological polar surface area (TPSA) is 93.7 Å². The Kier molecular flexibility index (Phi) is 7.33. The number of hydrogen-bond donors (Lipinski definition) is 2. The van der Waals surface area contributed by atoms with Crippen molar-refractivity contribution in [2.75, 3.05) is 19.8 Å². The Bertz CT molecular complexity index is 790. The third kappa shape index (κ3) is 5.24. The van der Waals surface area contributed by atoms with E-state index in [1.54, 1.807) is 0 Å². The number of ether oxygens (including phenoxy) is 2. The molecule has 7 nitrogen and oxygen atoms in total. The van der Waals surface area contributed by atoms with Gasteiger partial charge in [0.05, 0.1) is 23.3 Å². The van der Waals surface area contributed by atoms with Crippen molar-refractivity contribution in [3.8, 4) is 0 Å². The zero-order chi connectivity index (χ0) is 20.1. The molecule has 0 aromatic heterocycles. The van der Waals surface area contributed by atoms with Crippen molar-refractivity contribution in [2.45, 2.75) is 62.2 Å². The molecule has 2 N–H and O–H groups in total. The molecule has 0 spiro atoms. The standard InChI is InChI=1S/C19H27ClN2O5S/c1-2-16(17-6-4-10-27-17)22-19(23)13-7-8-15(20)18(11-13)28(24,25)21-12-14-5-3-9-26-14/h7-8,11,14,16-17,21H,2-6,9-10,12H2,1H3,(H,22,23)/t14-,16-,17-/m0/s1. The molecule has 156 valence electrons. The molecule has 0 aliphatic carbocycles. The van der Waals surface area contributed by atoms with Crippen LogP contribution < -0.4 is 10.0 Å². The Labute approximate surface area is 171 Å². The number of amides is 1. The van der Waals surface area contributed by atoms with Crippen molar-refractivity contribution in [3.05, 3.63) is 28.8 Å². The molecule has 2 heterocycles. The van der Waals surface area contributed by atoms with Gasteiger partial charge in [-0.1, -0.05) is 18.5 Å². The Hall–Kier alpha value is -1.19. The molecule has 2 aliphatic rings. The summed E-state index contributed by atoms with van der Waals surface area (Å²) in [4.78, 5) is 12.6. The predicted molar refractivity (Wildman–Crippen MR) is 106 cm³/mol. The maximum Gasteiger partial charge on any atom is 0.251 e. The smallest absolute Gasteiger partial charge is 0.251 e. The number of halogens is 1. The van der Waals surface area contributed by atoms with Crippen molar-refractivity contribution in [2.24, 2.45) is 0 Å². The lowest BCUT2D eigenvalue weighted by molar-refractivity contribution is 0.0665. The minimum absolute atomic E-state index is 0.00229. The van der Waals surface area contributed by atoms with Gasteiger partial charge in [-0.2, -0.15) is 0 Å². The zero-order valence-electron chi connectivity index (χ0n) is 15.9. The largest absolute Gasteiger partial charge is 0.377 e. The van der Waals surface area contributed by atoms with Gasteiger partial charge < -0.3 is 14.8 Å². The summed E-state index contributed by atoms with van der Waals surface area (Å²) in [7, 11) is -3.85. The lowest BCUT2D eigenvalue weighted by Crippen LogP contribution is -2.42. The molecular weight excluding hydrogens is 404 g/mol. The number of rotatable bonds is 8. The normalized spacial score (nSPS) is 23.6. The van der Waals surface area contributed by atoms with Crippen molar-refractivity contribution in [1.29, 1.82) is 0 Å². The van der Waals surface area contributed by atoms with Crippen molar-refractivity contribution >= 4 is 27.5 Å². The Balaban J connectivity index is 1.71. The molecule has 3 atom stereocenters. The molecule has 1 aromatic carbocycles. The summed E-state index contributed by atoms with van der Waals surface area (Å²) in [5, 5.41) is 3.03. The third-order valence-electron chi connectivity index (χ3n) is 5.18. The second-order valence-electron chi connectivity index (χ2n) is 7.17. The highest BCUT2D eigenvalue weighted by atomic mass is 35.5. The fourth-order valence-corrected chi connectivity index (χ4v) is 5.16. The van der Waals surface area contributed by atoms with E-state index in [1.165, 1.54) is 18.2 Å². The molecule has 0 bridgehead atoms. The molecule has 2 fully saturated rings. The van der Waals surface area contributed by atoms with Gasteiger partial charge in [0, 0.05) is 25.3 Å². The SMILES string of the molecule is CC[C@H](NC(=O)c1ccc(Cl)c(S(=O)(=O)NC[C@@H]2CCCO2)c1)[C@@H]1CCCO1. The van der Waals surface area contributed by atoms with Crippen LogP contribution >= 0.6 is 11.6 Å². The van der Waals surface area contributed by atoms with Crippen LogP contribution in [0.1, 0.15) is 49.4 Å². The molecule has 0 radical (unpaired) electrons. The summed E-state index contributed by atoms with van der Waals surface area (Å²) in [6.07, 6.45) is 4.24. The van der Waals surface area contributed by atoms with Gasteiger partial charge in [0.1, 0.15) is 4.90 Å². The van der Waals surface area contributed by atoms with Crippen LogP contribution in [0.5, 0.6) is 0 Å². The van der Waals surface area contributed by atoms with Gasteiger partial charge >= 0.3 is 0 Å². The van der Waals surface area contributed by atoms with Crippen LogP contribution in [0.25, 0.3) is 0 Å². The highest BCUT2D eigenvalue weighted by Crippen LogP contribution is 2.24. The summed E-state index contributed by atoms with van der Waals surface area (Å²) in [5.74, 6) is -0.338. The Morgan fingerprint density at radius 3 is 2.64 bits per heavy atom. The van der Waals surface area contributed by atoms with Crippen LogP contribution in [-0.2, 0) is 19.5 Å². The van der Waals surface area contributed by atoms with Crippen LogP contribution in [0.15, 0.2) is 23.1 Å². The molecule has 3 rings (SSSR count). The monoisotopic (exact) mass is 430 g/mol. The minimum atomic E-state index is -3.85.